The van der Waals surface area contributed by atoms with Gasteiger partial charge in [-0.3, -0.25) is 4.79 Å². The Balaban J connectivity index is 2.21. The number of anilines is 1. The summed E-state index contributed by atoms with van der Waals surface area (Å²) in [6.45, 7) is 1.91. The lowest BCUT2D eigenvalue weighted by molar-refractivity contribution is -0.0531. The van der Waals surface area contributed by atoms with Crippen LogP contribution in [0.3, 0.4) is 0 Å². The minimum atomic E-state index is -0.154. The van der Waals surface area contributed by atoms with Crippen molar-refractivity contribution in [3.63, 3.8) is 0 Å². The molecule has 21 heavy (non-hydrogen) atoms. The van der Waals surface area contributed by atoms with Crippen molar-refractivity contribution >= 4 is 23.2 Å². The van der Waals surface area contributed by atoms with Gasteiger partial charge in [-0.25, -0.2) is 0 Å². The molecule has 2 rings (SSSR count). The smallest absolute Gasteiger partial charge is 0.257 e. The van der Waals surface area contributed by atoms with Gasteiger partial charge in [0.2, 0.25) is 0 Å². The molecule has 1 saturated heterocycles. The molecule has 116 valence electrons. The van der Waals surface area contributed by atoms with E-state index in [-0.39, 0.29) is 12.0 Å². The maximum absolute atomic E-state index is 12.6. The van der Waals surface area contributed by atoms with E-state index in [1.807, 2.05) is 0 Å². The number of ether oxygens (including phenoxy) is 3. The second-order valence-corrected chi connectivity index (χ2v) is 5.18. The summed E-state index contributed by atoms with van der Waals surface area (Å²) in [7, 11) is 3.10. The van der Waals surface area contributed by atoms with Crippen LogP contribution >= 0.6 is 11.6 Å². The zero-order valence-electron chi connectivity index (χ0n) is 12.1. The normalized spacial score (nSPS) is 18.6. The molecule has 1 aliphatic rings. The van der Waals surface area contributed by atoms with Gasteiger partial charge in [0.1, 0.15) is 5.75 Å². The largest absolute Gasteiger partial charge is 0.496 e. The van der Waals surface area contributed by atoms with Gasteiger partial charge in [0.15, 0.2) is 0 Å². The third-order valence-corrected chi connectivity index (χ3v) is 3.66. The van der Waals surface area contributed by atoms with Gasteiger partial charge in [-0.2, -0.15) is 0 Å². The number of nitrogens with two attached hydrogens (primary N) is 1. The molecule has 1 aromatic rings. The highest BCUT2D eigenvalue weighted by atomic mass is 35.5. The topological polar surface area (TPSA) is 74.0 Å². The van der Waals surface area contributed by atoms with Crippen molar-refractivity contribution in [2.75, 3.05) is 46.3 Å². The van der Waals surface area contributed by atoms with Crippen LogP contribution in [0.15, 0.2) is 12.1 Å². The van der Waals surface area contributed by atoms with Crippen LogP contribution in [0.25, 0.3) is 0 Å². The highest BCUT2D eigenvalue weighted by molar-refractivity contribution is 6.33. The Morgan fingerprint density at radius 1 is 1.52 bits per heavy atom. The lowest BCUT2D eigenvalue weighted by Gasteiger charge is -2.33. The van der Waals surface area contributed by atoms with Crippen molar-refractivity contribution in [3.8, 4) is 5.75 Å². The Morgan fingerprint density at radius 2 is 2.29 bits per heavy atom. The Labute approximate surface area is 128 Å². The van der Waals surface area contributed by atoms with E-state index in [9.17, 15) is 4.79 Å². The van der Waals surface area contributed by atoms with Gasteiger partial charge in [0.25, 0.3) is 5.91 Å². The third-order valence-electron chi connectivity index (χ3n) is 3.33. The predicted octanol–water partition coefficient (Wildman–Crippen LogP) is 1.42. The first-order chi connectivity index (χ1) is 10.1. The molecule has 7 heteroatoms. The highest BCUT2D eigenvalue weighted by Gasteiger charge is 2.27. The monoisotopic (exact) mass is 314 g/mol. The number of amides is 1. The van der Waals surface area contributed by atoms with Crippen molar-refractivity contribution in [2.45, 2.75) is 6.10 Å². The summed E-state index contributed by atoms with van der Waals surface area (Å²) in [5.41, 5.74) is 6.51. The average Bonchev–Trinajstić information content (AvgIpc) is 2.49. The van der Waals surface area contributed by atoms with Crippen molar-refractivity contribution in [1.82, 2.24) is 4.90 Å². The van der Waals surface area contributed by atoms with Gasteiger partial charge in [0.05, 0.1) is 42.7 Å². The first-order valence-corrected chi connectivity index (χ1v) is 6.97. The summed E-state index contributed by atoms with van der Waals surface area (Å²) in [4.78, 5) is 14.3. The summed E-state index contributed by atoms with van der Waals surface area (Å²) in [6, 6.07) is 3.10. The maximum atomic E-state index is 12.6. The van der Waals surface area contributed by atoms with Gasteiger partial charge in [0, 0.05) is 26.3 Å². The van der Waals surface area contributed by atoms with Crippen molar-refractivity contribution < 1.29 is 19.0 Å². The number of nitrogen functional groups attached to an aromatic ring is 1. The molecule has 1 aliphatic heterocycles. The summed E-state index contributed by atoms with van der Waals surface area (Å²) in [5, 5.41) is 0.334. The first kappa shape index (κ1) is 15.9. The van der Waals surface area contributed by atoms with E-state index >= 15 is 0 Å². The Bertz CT molecular complexity index is 522. The standard InChI is InChI=1S/C14H19ClN2O4/c1-19-8-9-7-17(3-4-21-9)14(18)10-5-11(15)12(16)6-13(10)20-2/h5-6,9H,3-4,7-8,16H2,1-2H3. The molecular formula is C14H19ClN2O4. The number of methoxy groups -OCH3 is 2. The number of halogens is 1. The number of morpholine rings is 1. The molecule has 0 radical (unpaired) electrons. The SMILES string of the molecule is COCC1CN(C(=O)c2cc(Cl)c(N)cc2OC)CCO1. The molecule has 0 saturated carbocycles. The Morgan fingerprint density at radius 3 is 2.95 bits per heavy atom. The molecule has 2 N–H and O–H groups in total. The summed E-state index contributed by atoms with van der Waals surface area (Å²) < 4.78 is 15.8. The minimum Gasteiger partial charge on any atom is -0.496 e. The minimum absolute atomic E-state index is 0.122. The van der Waals surface area contributed by atoms with Gasteiger partial charge in [-0.15, -0.1) is 0 Å². The van der Waals surface area contributed by atoms with E-state index in [1.165, 1.54) is 7.11 Å². The molecule has 1 heterocycles. The van der Waals surface area contributed by atoms with E-state index in [0.717, 1.165) is 0 Å². The maximum Gasteiger partial charge on any atom is 0.257 e. The number of benzene rings is 1. The molecule has 0 aromatic heterocycles. The highest BCUT2D eigenvalue weighted by Crippen LogP contribution is 2.30. The molecule has 0 aliphatic carbocycles. The van der Waals surface area contributed by atoms with Crippen LogP contribution in [-0.2, 0) is 9.47 Å². The van der Waals surface area contributed by atoms with E-state index in [1.54, 1.807) is 24.1 Å². The average molecular weight is 315 g/mol. The van der Waals surface area contributed by atoms with E-state index in [4.69, 9.17) is 31.5 Å². The number of hydrogen-bond acceptors (Lipinski definition) is 5. The molecule has 1 unspecified atom stereocenters. The van der Waals surface area contributed by atoms with Gasteiger partial charge in [-0.1, -0.05) is 11.6 Å². The van der Waals surface area contributed by atoms with E-state index < -0.39 is 0 Å². The Hall–Kier alpha value is -1.50. The molecular weight excluding hydrogens is 296 g/mol. The Kier molecular flexibility index (Phi) is 5.27. The molecule has 6 nitrogen and oxygen atoms in total. The number of hydrogen-bond donors (Lipinski definition) is 1. The quantitative estimate of drug-likeness (QED) is 0.851. The fourth-order valence-corrected chi connectivity index (χ4v) is 2.43. The summed E-state index contributed by atoms with van der Waals surface area (Å²) >= 11 is 6.01. The van der Waals surface area contributed by atoms with Gasteiger partial charge >= 0.3 is 0 Å². The molecule has 0 bridgehead atoms. The summed E-state index contributed by atoms with van der Waals surface area (Å²) in [5.74, 6) is 0.259. The molecule has 0 spiro atoms. The number of carbonyl (C=O) groups excluding carboxylic acids is 1. The molecule has 1 aromatic carbocycles. The predicted molar refractivity (Wildman–Crippen MR) is 79.9 cm³/mol. The van der Waals surface area contributed by atoms with Gasteiger partial charge < -0.3 is 24.8 Å². The molecule has 1 amide bonds. The number of nitrogens with zero attached hydrogens (tertiary/aromatic N) is 1. The lowest BCUT2D eigenvalue weighted by Crippen LogP contribution is -2.47. The van der Waals surface area contributed by atoms with E-state index in [0.29, 0.717) is 48.3 Å². The fourth-order valence-electron chi connectivity index (χ4n) is 2.27. The van der Waals surface area contributed by atoms with Crippen LogP contribution < -0.4 is 10.5 Å². The second-order valence-electron chi connectivity index (χ2n) is 4.77. The summed E-state index contributed by atoms with van der Waals surface area (Å²) in [6.07, 6.45) is -0.122. The van der Waals surface area contributed by atoms with Crippen LogP contribution in [0, 0.1) is 0 Å². The zero-order valence-corrected chi connectivity index (χ0v) is 12.9. The number of carbonyl (C=O) groups is 1. The number of rotatable bonds is 4. The van der Waals surface area contributed by atoms with Crippen LogP contribution in [0.2, 0.25) is 5.02 Å². The second kappa shape index (κ2) is 6.98. The third kappa shape index (κ3) is 3.58. The fraction of sp³-hybridized carbons (Fsp3) is 0.500. The zero-order chi connectivity index (χ0) is 15.4. The van der Waals surface area contributed by atoms with Crippen LogP contribution in [0.5, 0.6) is 5.75 Å². The van der Waals surface area contributed by atoms with E-state index in [2.05, 4.69) is 0 Å². The first-order valence-electron chi connectivity index (χ1n) is 6.59. The van der Waals surface area contributed by atoms with Crippen LogP contribution in [-0.4, -0.2) is 57.4 Å². The molecule has 1 atom stereocenters. The van der Waals surface area contributed by atoms with Gasteiger partial charge in [-0.05, 0) is 6.07 Å². The van der Waals surface area contributed by atoms with Crippen molar-refractivity contribution in [3.05, 3.63) is 22.7 Å². The van der Waals surface area contributed by atoms with Crippen molar-refractivity contribution in [1.29, 1.82) is 0 Å². The lowest BCUT2D eigenvalue weighted by atomic mass is 10.1. The van der Waals surface area contributed by atoms with Crippen molar-refractivity contribution in [2.24, 2.45) is 0 Å². The van der Waals surface area contributed by atoms with Crippen LogP contribution in [0.1, 0.15) is 10.4 Å². The van der Waals surface area contributed by atoms with Crippen LogP contribution in [0.4, 0.5) is 5.69 Å². The molecule has 1 fully saturated rings.